The second-order valence-electron chi connectivity index (χ2n) is 7.27. The van der Waals surface area contributed by atoms with E-state index in [0.717, 1.165) is 32.6 Å². The molecule has 2 aromatic carbocycles. The summed E-state index contributed by atoms with van der Waals surface area (Å²) in [5.74, 6) is -0.153. The van der Waals surface area contributed by atoms with Crippen LogP contribution in [0.5, 0.6) is 0 Å². The average Bonchev–Trinajstić information content (AvgIpc) is 2.64. The molecule has 0 aromatic heterocycles. The van der Waals surface area contributed by atoms with E-state index in [0.29, 0.717) is 6.04 Å². The number of fused-ring (bicyclic) bond motifs is 1. The van der Waals surface area contributed by atoms with E-state index in [1.54, 1.807) is 12.1 Å². The molecule has 0 unspecified atom stereocenters. The molecule has 0 N–H and O–H groups in total. The zero-order valence-corrected chi connectivity index (χ0v) is 16.0. The van der Waals surface area contributed by atoms with Crippen molar-refractivity contribution in [2.45, 2.75) is 38.4 Å². The molecule has 0 spiro atoms. The van der Waals surface area contributed by atoms with Gasteiger partial charge in [0.15, 0.2) is 0 Å². The van der Waals surface area contributed by atoms with Gasteiger partial charge in [0.2, 0.25) is 0 Å². The van der Waals surface area contributed by atoms with Crippen LogP contribution in [0.3, 0.4) is 0 Å². The molecule has 4 heteroatoms. The normalized spacial score (nSPS) is 19.8. The lowest BCUT2D eigenvalue weighted by atomic mass is 9.95. The Kier molecular flexibility index (Phi) is 5.20. The molecule has 0 saturated carbocycles. The summed E-state index contributed by atoms with van der Waals surface area (Å²) in [6.07, 6.45) is 3.62. The topological polar surface area (TPSA) is 6.48 Å². The molecule has 0 radical (unpaired) electrons. The van der Waals surface area contributed by atoms with E-state index >= 15 is 0 Å². The van der Waals surface area contributed by atoms with Gasteiger partial charge in [-0.3, -0.25) is 9.80 Å². The van der Waals surface area contributed by atoms with Crippen molar-refractivity contribution in [3.8, 4) is 0 Å². The maximum atomic E-state index is 13.0. The number of halogens is 2. The van der Waals surface area contributed by atoms with Crippen molar-refractivity contribution < 1.29 is 4.39 Å². The third-order valence-corrected chi connectivity index (χ3v) is 6.10. The fourth-order valence-corrected chi connectivity index (χ4v) is 4.55. The summed E-state index contributed by atoms with van der Waals surface area (Å²) in [6, 6.07) is 14.3. The molecule has 0 aliphatic carbocycles. The first-order valence-electron chi connectivity index (χ1n) is 9.15. The first-order valence-corrected chi connectivity index (χ1v) is 9.95. The van der Waals surface area contributed by atoms with Gasteiger partial charge in [-0.15, -0.1) is 0 Å². The molecular formula is C21H24BrFN2. The predicted molar refractivity (Wildman–Crippen MR) is 103 cm³/mol. The minimum atomic E-state index is -0.153. The van der Waals surface area contributed by atoms with Gasteiger partial charge in [-0.25, -0.2) is 4.39 Å². The van der Waals surface area contributed by atoms with Gasteiger partial charge in [0.25, 0.3) is 0 Å². The standard InChI is InChI=1S/C21H24BrFN2/c22-19-4-3-18-15-25(12-7-17(18)13-19)21-8-10-24(11-9-21)14-16-1-5-20(23)6-2-16/h1-6,13,21H,7-12,14-15H2. The second-order valence-corrected chi connectivity index (χ2v) is 8.18. The van der Waals surface area contributed by atoms with Gasteiger partial charge < -0.3 is 0 Å². The van der Waals surface area contributed by atoms with E-state index < -0.39 is 0 Å². The monoisotopic (exact) mass is 402 g/mol. The lowest BCUT2D eigenvalue weighted by Crippen LogP contribution is -2.46. The highest BCUT2D eigenvalue weighted by atomic mass is 79.9. The van der Waals surface area contributed by atoms with Crippen molar-refractivity contribution in [1.29, 1.82) is 0 Å². The Labute approximate surface area is 157 Å². The third-order valence-electron chi connectivity index (χ3n) is 5.60. The Morgan fingerprint density at radius 1 is 0.960 bits per heavy atom. The number of likely N-dealkylation sites (tertiary alicyclic amines) is 1. The SMILES string of the molecule is Fc1ccc(CN2CCC(N3CCc4cc(Br)ccc4C3)CC2)cc1. The molecule has 1 saturated heterocycles. The van der Waals surface area contributed by atoms with Gasteiger partial charge in [0, 0.05) is 30.1 Å². The van der Waals surface area contributed by atoms with E-state index in [1.165, 1.54) is 40.5 Å². The van der Waals surface area contributed by atoms with Crippen LogP contribution in [0, 0.1) is 5.82 Å². The van der Waals surface area contributed by atoms with Crippen LogP contribution in [0.25, 0.3) is 0 Å². The highest BCUT2D eigenvalue weighted by molar-refractivity contribution is 9.10. The number of hydrogen-bond donors (Lipinski definition) is 0. The lowest BCUT2D eigenvalue weighted by molar-refractivity contribution is 0.0949. The van der Waals surface area contributed by atoms with Crippen LogP contribution < -0.4 is 0 Å². The zero-order valence-electron chi connectivity index (χ0n) is 14.4. The summed E-state index contributed by atoms with van der Waals surface area (Å²) in [5, 5.41) is 0. The number of benzene rings is 2. The molecule has 0 atom stereocenters. The second kappa shape index (κ2) is 7.56. The van der Waals surface area contributed by atoms with E-state index in [-0.39, 0.29) is 5.82 Å². The third kappa shape index (κ3) is 4.13. The van der Waals surface area contributed by atoms with E-state index in [1.807, 2.05) is 12.1 Å². The largest absolute Gasteiger partial charge is 0.299 e. The van der Waals surface area contributed by atoms with Gasteiger partial charge >= 0.3 is 0 Å². The summed E-state index contributed by atoms with van der Waals surface area (Å²) < 4.78 is 14.2. The van der Waals surface area contributed by atoms with Crippen molar-refractivity contribution in [3.63, 3.8) is 0 Å². The highest BCUT2D eigenvalue weighted by Gasteiger charge is 2.27. The molecule has 25 heavy (non-hydrogen) atoms. The Hall–Kier alpha value is -1.23. The van der Waals surface area contributed by atoms with Crippen LogP contribution in [-0.4, -0.2) is 35.5 Å². The molecule has 1 fully saturated rings. The maximum Gasteiger partial charge on any atom is 0.123 e. The highest BCUT2D eigenvalue weighted by Crippen LogP contribution is 2.27. The fraction of sp³-hybridized carbons (Fsp3) is 0.429. The van der Waals surface area contributed by atoms with E-state index in [4.69, 9.17) is 0 Å². The van der Waals surface area contributed by atoms with Crippen molar-refractivity contribution >= 4 is 15.9 Å². The average molecular weight is 403 g/mol. The molecule has 132 valence electrons. The molecule has 2 aromatic rings. The molecule has 0 amide bonds. The van der Waals surface area contributed by atoms with Crippen LogP contribution >= 0.6 is 15.9 Å². The van der Waals surface area contributed by atoms with Gasteiger partial charge in [-0.2, -0.15) is 0 Å². The molecular weight excluding hydrogens is 379 g/mol. The van der Waals surface area contributed by atoms with E-state index in [9.17, 15) is 4.39 Å². The number of hydrogen-bond acceptors (Lipinski definition) is 2. The lowest BCUT2D eigenvalue weighted by Gasteiger charge is -2.40. The molecule has 0 bridgehead atoms. The number of rotatable bonds is 3. The smallest absolute Gasteiger partial charge is 0.123 e. The van der Waals surface area contributed by atoms with Crippen LogP contribution in [0.1, 0.15) is 29.5 Å². The molecule has 2 aliphatic heterocycles. The van der Waals surface area contributed by atoms with Gasteiger partial charge in [0.1, 0.15) is 5.82 Å². The molecule has 2 aliphatic rings. The minimum absolute atomic E-state index is 0.153. The molecule has 2 heterocycles. The van der Waals surface area contributed by atoms with Crippen molar-refractivity contribution in [2.75, 3.05) is 19.6 Å². The van der Waals surface area contributed by atoms with Crippen LogP contribution in [-0.2, 0) is 19.5 Å². The first kappa shape index (κ1) is 17.2. The van der Waals surface area contributed by atoms with Crippen molar-refractivity contribution in [1.82, 2.24) is 9.80 Å². The Morgan fingerprint density at radius 2 is 1.72 bits per heavy atom. The summed E-state index contributed by atoms with van der Waals surface area (Å²) in [4.78, 5) is 5.17. The predicted octanol–water partition coefficient (Wildman–Crippen LogP) is 4.61. The Bertz CT molecular complexity index is 723. The van der Waals surface area contributed by atoms with Gasteiger partial charge in [-0.05, 0) is 73.3 Å². The van der Waals surface area contributed by atoms with Crippen LogP contribution in [0.15, 0.2) is 46.9 Å². The van der Waals surface area contributed by atoms with Crippen LogP contribution in [0.4, 0.5) is 4.39 Å². The minimum Gasteiger partial charge on any atom is -0.299 e. The maximum absolute atomic E-state index is 13.0. The number of piperidine rings is 1. The summed E-state index contributed by atoms with van der Waals surface area (Å²) in [6.45, 7) is 5.46. The van der Waals surface area contributed by atoms with Crippen LogP contribution in [0.2, 0.25) is 0 Å². The quantitative estimate of drug-likeness (QED) is 0.739. The molecule has 2 nitrogen and oxygen atoms in total. The summed E-state index contributed by atoms with van der Waals surface area (Å²) in [5.41, 5.74) is 4.19. The van der Waals surface area contributed by atoms with Gasteiger partial charge in [0.05, 0.1) is 0 Å². The van der Waals surface area contributed by atoms with Crippen molar-refractivity contribution in [2.24, 2.45) is 0 Å². The number of nitrogens with zero attached hydrogens (tertiary/aromatic N) is 2. The van der Waals surface area contributed by atoms with Crippen molar-refractivity contribution in [3.05, 3.63) is 69.4 Å². The first-order chi connectivity index (χ1) is 12.2. The summed E-state index contributed by atoms with van der Waals surface area (Å²) in [7, 11) is 0. The van der Waals surface area contributed by atoms with E-state index in [2.05, 4.69) is 43.9 Å². The fourth-order valence-electron chi connectivity index (χ4n) is 4.15. The summed E-state index contributed by atoms with van der Waals surface area (Å²) >= 11 is 3.58. The zero-order chi connectivity index (χ0) is 17.2. The Morgan fingerprint density at radius 3 is 2.48 bits per heavy atom. The van der Waals surface area contributed by atoms with Gasteiger partial charge in [-0.1, -0.05) is 34.1 Å². The molecule has 4 rings (SSSR count). The Balaban J connectivity index is 1.31.